The SMILES string of the molecule is Cn1c(SCC(=O)Nc2ccc(Cl)cc2)nc2cc([N+](=O)[O-])ccc21. The fourth-order valence-electron chi connectivity index (χ4n) is 2.27. The van der Waals surface area contributed by atoms with E-state index in [-0.39, 0.29) is 17.3 Å². The fourth-order valence-corrected chi connectivity index (χ4v) is 3.18. The van der Waals surface area contributed by atoms with Crippen molar-refractivity contribution in [1.82, 2.24) is 9.55 Å². The molecule has 0 saturated carbocycles. The van der Waals surface area contributed by atoms with Crippen LogP contribution in [0.15, 0.2) is 47.6 Å². The molecule has 1 aromatic heterocycles. The van der Waals surface area contributed by atoms with Gasteiger partial charge in [-0.1, -0.05) is 23.4 Å². The van der Waals surface area contributed by atoms with Crippen molar-refractivity contribution >= 4 is 51.7 Å². The zero-order valence-electron chi connectivity index (χ0n) is 13.1. The topological polar surface area (TPSA) is 90.1 Å². The van der Waals surface area contributed by atoms with Gasteiger partial charge in [-0.15, -0.1) is 0 Å². The second kappa shape index (κ2) is 7.12. The molecule has 0 spiro atoms. The summed E-state index contributed by atoms with van der Waals surface area (Å²) in [5.41, 5.74) is 1.95. The average Bonchev–Trinajstić information content (AvgIpc) is 2.90. The molecule has 0 aliphatic rings. The van der Waals surface area contributed by atoms with Crippen LogP contribution in [0.3, 0.4) is 0 Å². The molecule has 7 nitrogen and oxygen atoms in total. The number of nitrogens with one attached hydrogen (secondary N) is 1. The number of amides is 1. The molecule has 3 rings (SSSR count). The largest absolute Gasteiger partial charge is 0.325 e. The van der Waals surface area contributed by atoms with Crippen molar-refractivity contribution in [1.29, 1.82) is 0 Å². The van der Waals surface area contributed by atoms with Crippen molar-refractivity contribution < 1.29 is 9.72 Å². The lowest BCUT2D eigenvalue weighted by Gasteiger charge is -2.05. The number of non-ortho nitro benzene ring substituents is 1. The highest BCUT2D eigenvalue weighted by molar-refractivity contribution is 7.99. The van der Waals surface area contributed by atoms with Gasteiger partial charge in [-0.2, -0.15) is 0 Å². The van der Waals surface area contributed by atoms with E-state index >= 15 is 0 Å². The highest BCUT2D eigenvalue weighted by Crippen LogP contribution is 2.26. The molecule has 2 aromatic carbocycles. The average molecular weight is 377 g/mol. The Kier molecular flexibility index (Phi) is 4.91. The summed E-state index contributed by atoms with van der Waals surface area (Å²) in [6.45, 7) is 0. The number of aromatic nitrogens is 2. The summed E-state index contributed by atoms with van der Waals surface area (Å²) >= 11 is 7.07. The van der Waals surface area contributed by atoms with Crippen molar-refractivity contribution in [2.24, 2.45) is 7.05 Å². The second-order valence-electron chi connectivity index (χ2n) is 5.23. The molecule has 1 N–H and O–H groups in total. The summed E-state index contributed by atoms with van der Waals surface area (Å²) in [7, 11) is 1.81. The normalized spacial score (nSPS) is 10.8. The molecule has 0 radical (unpaired) electrons. The fraction of sp³-hybridized carbons (Fsp3) is 0.125. The van der Waals surface area contributed by atoms with Gasteiger partial charge >= 0.3 is 0 Å². The molecule has 0 bridgehead atoms. The Bertz CT molecular complexity index is 956. The van der Waals surface area contributed by atoms with Crippen molar-refractivity contribution in [2.45, 2.75) is 5.16 Å². The molecular formula is C16H13ClN4O3S. The molecule has 0 fully saturated rings. The van der Waals surface area contributed by atoms with E-state index in [0.717, 1.165) is 5.52 Å². The molecule has 3 aromatic rings. The van der Waals surface area contributed by atoms with Crippen LogP contribution in [-0.2, 0) is 11.8 Å². The smallest absolute Gasteiger partial charge is 0.271 e. The van der Waals surface area contributed by atoms with E-state index in [9.17, 15) is 14.9 Å². The molecule has 0 atom stereocenters. The number of fused-ring (bicyclic) bond motifs is 1. The predicted molar refractivity (Wildman–Crippen MR) is 98.2 cm³/mol. The Hall–Kier alpha value is -2.58. The molecule has 1 heterocycles. The van der Waals surface area contributed by atoms with Crippen LogP contribution in [0.25, 0.3) is 11.0 Å². The molecule has 0 aliphatic heterocycles. The number of hydrogen-bond donors (Lipinski definition) is 1. The first-order valence-corrected chi connectivity index (χ1v) is 8.59. The van der Waals surface area contributed by atoms with Gasteiger partial charge in [0.25, 0.3) is 5.69 Å². The summed E-state index contributed by atoms with van der Waals surface area (Å²) in [6.07, 6.45) is 0. The van der Waals surface area contributed by atoms with Crippen LogP contribution in [0.2, 0.25) is 5.02 Å². The van der Waals surface area contributed by atoms with E-state index in [0.29, 0.717) is 21.4 Å². The van der Waals surface area contributed by atoms with Crippen molar-refractivity contribution in [2.75, 3.05) is 11.1 Å². The lowest BCUT2D eigenvalue weighted by Crippen LogP contribution is -2.14. The third-order valence-electron chi connectivity index (χ3n) is 3.49. The molecule has 0 saturated heterocycles. The summed E-state index contributed by atoms with van der Waals surface area (Å²) in [5, 5.41) is 14.8. The third kappa shape index (κ3) is 3.92. The number of aryl methyl sites for hydroxylation is 1. The van der Waals surface area contributed by atoms with E-state index < -0.39 is 4.92 Å². The maximum Gasteiger partial charge on any atom is 0.271 e. The monoisotopic (exact) mass is 376 g/mol. The third-order valence-corrected chi connectivity index (χ3v) is 4.78. The van der Waals surface area contributed by atoms with Gasteiger partial charge in [0, 0.05) is 29.9 Å². The lowest BCUT2D eigenvalue weighted by molar-refractivity contribution is -0.384. The number of nitro groups is 1. The molecule has 0 unspecified atom stereocenters. The van der Waals surface area contributed by atoms with Gasteiger partial charge in [0.1, 0.15) is 0 Å². The van der Waals surface area contributed by atoms with Gasteiger partial charge < -0.3 is 9.88 Å². The van der Waals surface area contributed by atoms with Crippen LogP contribution in [0, 0.1) is 10.1 Å². The van der Waals surface area contributed by atoms with Crippen LogP contribution in [-0.4, -0.2) is 26.1 Å². The minimum absolute atomic E-state index is 0.0115. The Morgan fingerprint density at radius 3 is 2.72 bits per heavy atom. The number of carbonyl (C=O) groups is 1. The van der Waals surface area contributed by atoms with Crippen LogP contribution in [0.5, 0.6) is 0 Å². The highest BCUT2D eigenvalue weighted by Gasteiger charge is 2.14. The van der Waals surface area contributed by atoms with Crippen molar-refractivity contribution in [3.8, 4) is 0 Å². The number of nitrogens with zero attached hydrogens (tertiary/aromatic N) is 3. The molecule has 128 valence electrons. The number of rotatable bonds is 5. The van der Waals surface area contributed by atoms with Gasteiger partial charge in [-0.3, -0.25) is 14.9 Å². The number of thioether (sulfide) groups is 1. The maximum atomic E-state index is 12.0. The highest BCUT2D eigenvalue weighted by atomic mass is 35.5. The van der Waals surface area contributed by atoms with Crippen LogP contribution >= 0.6 is 23.4 Å². The van der Waals surface area contributed by atoms with Gasteiger partial charge in [0.2, 0.25) is 5.91 Å². The molecule has 25 heavy (non-hydrogen) atoms. The standard InChI is InChI=1S/C16H13ClN4O3S/c1-20-14-7-6-12(21(23)24)8-13(14)19-16(20)25-9-15(22)18-11-4-2-10(17)3-5-11/h2-8H,9H2,1H3,(H,18,22). The van der Waals surface area contributed by atoms with E-state index in [1.807, 2.05) is 0 Å². The lowest BCUT2D eigenvalue weighted by atomic mass is 10.3. The second-order valence-corrected chi connectivity index (χ2v) is 6.61. The Labute approximate surface area is 152 Å². The quantitative estimate of drug-likeness (QED) is 0.414. The molecule has 1 amide bonds. The Balaban J connectivity index is 1.70. The minimum atomic E-state index is -0.458. The number of hydrogen-bond acceptors (Lipinski definition) is 5. The maximum absolute atomic E-state index is 12.0. The van der Waals surface area contributed by atoms with Gasteiger partial charge in [-0.05, 0) is 30.3 Å². The summed E-state index contributed by atoms with van der Waals surface area (Å²) in [4.78, 5) is 26.8. The van der Waals surface area contributed by atoms with Gasteiger partial charge in [-0.25, -0.2) is 4.98 Å². The van der Waals surface area contributed by atoms with E-state index in [2.05, 4.69) is 10.3 Å². The number of carbonyl (C=O) groups excluding carboxylic acids is 1. The van der Waals surface area contributed by atoms with E-state index in [1.165, 1.54) is 23.9 Å². The van der Waals surface area contributed by atoms with Crippen LogP contribution < -0.4 is 5.32 Å². The Morgan fingerprint density at radius 1 is 1.32 bits per heavy atom. The Morgan fingerprint density at radius 2 is 2.04 bits per heavy atom. The minimum Gasteiger partial charge on any atom is -0.325 e. The van der Waals surface area contributed by atoms with Gasteiger partial charge in [0.05, 0.1) is 21.7 Å². The van der Waals surface area contributed by atoms with Crippen LogP contribution in [0.1, 0.15) is 0 Å². The number of imidazole rings is 1. The number of halogens is 1. The number of nitro benzene ring substituents is 1. The zero-order valence-corrected chi connectivity index (χ0v) is 14.7. The van der Waals surface area contributed by atoms with E-state index in [1.54, 1.807) is 41.9 Å². The summed E-state index contributed by atoms with van der Waals surface area (Å²) in [6, 6.07) is 11.3. The van der Waals surface area contributed by atoms with E-state index in [4.69, 9.17) is 11.6 Å². The number of anilines is 1. The van der Waals surface area contributed by atoms with Crippen molar-refractivity contribution in [3.63, 3.8) is 0 Å². The van der Waals surface area contributed by atoms with Gasteiger partial charge in [0.15, 0.2) is 5.16 Å². The summed E-state index contributed by atoms with van der Waals surface area (Å²) in [5.74, 6) is -0.00706. The first kappa shape index (κ1) is 17.2. The number of benzene rings is 2. The first-order valence-electron chi connectivity index (χ1n) is 7.23. The van der Waals surface area contributed by atoms with Crippen molar-refractivity contribution in [3.05, 3.63) is 57.6 Å². The predicted octanol–water partition coefficient (Wildman–Crippen LogP) is 3.87. The molecule has 0 aliphatic carbocycles. The first-order chi connectivity index (χ1) is 11.9. The zero-order chi connectivity index (χ0) is 18.0. The molecular weight excluding hydrogens is 364 g/mol. The van der Waals surface area contributed by atoms with Crippen LogP contribution in [0.4, 0.5) is 11.4 Å². The summed E-state index contributed by atoms with van der Waals surface area (Å²) < 4.78 is 1.80. The molecule has 9 heteroatoms.